The van der Waals surface area contributed by atoms with E-state index in [4.69, 9.17) is 0 Å². The van der Waals surface area contributed by atoms with Crippen LogP contribution in [-0.2, 0) is 4.79 Å². The fraction of sp³-hybridized carbons (Fsp3) is 0.357. The normalized spacial score (nSPS) is 20.1. The molecule has 0 radical (unpaired) electrons. The first-order valence-corrected chi connectivity index (χ1v) is 5.87. The van der Waals surface area contributed by atoms with Crippen molar-refractivity contribution in [3.8, 4) is 0 Å². The number of aryl methyl sites for hydroxylation is 1. The van der Waals surface area contributed by atoms with Gasteiger partial charge in [0.2, 0.25) is 5.91 Å². The minimum atomic E-state index is -0.355. The van der Waals surface area contributed by atoms with Crippen LogP contribution in [0.15, 0.2) is 30.3 Å². The molecular weight excluding hydrogens is 214 g/mol. The number of hydrogen-bond acceptors (Lipinski definition) is 2. The molecule has 1 aromatic carbocycles. The van der Waals surface area contributed by atoms with Gasteiger partial charge >= 0.3 is 0 Å². The Hall–Kier alpha value is -1.61. The fourth-order valence-corrected chi connectivity index (χ4v) is 1.89. The molecule has 0 aliphatic carbocycles. The van der Waals surface area contributed by atoms with Crippen molar-refractivity contribution in [2.24, 2.45) is 0 Å². The lowest BCUT2D eigenvalue weighted by Gasteiger charge is -2.12. The minimum Gasteiger partial charge on any atom is -0.391 e. The van der Waals surface area contributed by atoms with Gasteiger partial charge in [0.05, 0.1) is 6.10 Å². The van der Waals surface area contributed by atoms with Gasteiger partial charge in [-0.25, -0.2) is 0 Å². The number of carbonyl (C=O) groups is 1. The largest absolute Gasteiger partial charge is 0.391 e. The van der Waals surface area contributed by atoms with Crippen LogP contribution in [0.2, 0.25) is 0 Å². The number of aliphatic hydroxyl groups is 1. The Morgan fingerprint density at radius 2 is 2.12 bits per heavy atom. The molecule has 1 aliphatic heterocycles. The van der Waals surface area contributed by atoms with Crippen molar-refractivity contribution in [2.45, 2.75) is 19.4 Å². The molecule has 1 atom stereocenters. The lowest BCUT2D eigenvalue weighted by Crippen LogP contribution is -2.27. The molecule has 1 saturated heterocycles. The first-order chi connectivity index (χ1) is 8.15. The first-order valence-electron chi connectivity index (χ1n) is 5.87. The average Bonchev–Trinajstić information content (AvgIpc) is 2.75. The van der Waals surface area contributed by atoms with E-state index in [2.05, 4.69) is 0 Å². The third-order valence-electron chi connectivity index (χ3n) is 2.97. The van der Waals surface area contributed by atoms with Crippen LogP contribution in [0, 0.1) is 6.92 Å². The van der Waals surface area contributed by atoms with Gasteiger partial charge in [0.1, 0.15) is 0 Å². The molecule has 0 unspecified atom stereocenters. The predicted octanol–water partition coefficient (Wildman–Crippen LogP) is 1.60. The van der Waals surface area contributed by atoms with Crippen molar-refractivity contribution in [2.75, 3.05) is 13.1 Å². The minimum absolute atomic E-state index is 0.0258. The Bertz CT molecular complexity index is 422. The smallest absolute Gasteiger partial charge is 0.246 e. The first kappa shape index (κ1) is 11.9. The molecule has 0 spiro atoms. The summed E-state index contributed by atoms with van der Waals surface area (Å²) in [5.74, 6) is -0.0258. The summed E-state index contributed by atoms with van der Waals surface area (Å²) in [6, 6.07) is 8.00. The maximum absolute atomic E-state index is 11.8. The molecule has 1 aromatic rings. The Morgan fingerprint density at radius 3 is 2.71 bits per heavy atom. The van der Waals surface area contributed by atoms with E-state index in [0.29, 0.717) is 19.5 Å². The lowest BCUT2D eigenvalue weighted by atomic mass is 10.1. The highest BCUT2D eigenvalue weighted by molar-refractivity contribution is 5.91. The molecule has 0 saturated carbocycles. The third-order valence-corrected chi connectivity index (χ3v) is 2.97. The summed E-state index contributed by atoms with van der Waals surface area (Å²) in [6.45, 7) is 3.14. The van der Waals surface area contributed by atoms with Gasteiger partial charge in [0.25, 0.3) is 0 Å². The molecule has 3 heteroatoms. The summed E-state index contributed by atoms with van der Waals surface area (Å²) in [5.41, 5.74) is 2.22. The summed E-state index contributed by atoms with van der Waals surface area (Å²) in [7, 11) is 0. The van der Waals surface area contributed by atoms with Crippen molar-refractivity contribution in [1.29, 1.82) is 0 Å². The Kier molecular flexibility index (Phi) is 3.59. The zero-order valence-corrected chi connectivity index (χ0v) is 9.97. The van der Waals surface area contributed by atoms with Gasteiger partial charge in [0, 0.05) is 19.2 Å². The molecule has 90 valence electrons. The summed E-state index contributed by atoms with van der Waals surface area (Å²) >= 11 is 0. The van der Waals surface area contributed by atoms with E-state index in [1.54, 1.807) is 11.0 Å². The summed E-state index contributed by atoms with van der Waals surface area (Å²) in [4.78, 5) is 13.4. The van der Waals surface area contributed by atoms with Gasteiger partial charge in [-0.15, -0.1) is 0 Å². The van der Waals surface area contributed by atoms with Crippen LogP contribution in [0.3, 0.4) is 0 Å². The molecule has 0 bridgehead atoms. The van der Waals surface area contributed by atoms with Crippen molar-refractivity contribution >= 4 is 12.0 Å². The standard InChI is InChI=1S/C14H17NO2/c1-11-2-4-12(5-3-11)6-7-14(17)15-9-8-13(16)10-15/h2-7,13,16H,8-10H2,1H3/t13-/m1/s1. The van der Waals surface area contributed by atoms with Crippen LogP contribution in [0.1, 0.15) is 17.5 Å². The summed E-state index contributed by atoms with van der Waals surface area (Å²) in [6.07, 6.45) is 3.71. The Labute approximate surface area is 101 Å². The quantitative estimate of drug-likeness (QED) is 0.785. The number of nitrogens with zero attached hydrogens (tertiary/aromatic N) is 1. The number of hydrogen-bond donors (Lipinski definition) is 1. The van der Waals surface area contributed by atoms with Gasteiger partial charge < -0.3 is 10.0 Å². The van der Waals surface area contributed by atoms with Gasteiger partial charge in [-0.3, -0.25) is 4.79 Å². The van der Waals surface area contributed by atoms with Crippen molar-refractivity contribution < 1.29 is 9.90 Å². The van der Waals surface area contributed by atoms with Crippen molar-refractivity contribution in [3.63, 3.8) is 0 Å². The van der Waals surface area contributed by atoms with Crippen molar-refractivity contribution in [1.82, 2.24) is 4.90 Å². The molecule has 1 amide bonds. The molecule has 1 N–H and O–H groups in total. The monoisotopic (exact) mass is 231 g/mol. The molecule has 0 aromatic heterocycles. The van der Waals surface area contributed by atoms with Gasteiger partial charge in [-0.05, 0) is 25.0 Å². The maximum Gasteiger partial charge on any atom is 0.246 e. The molecule has 1 fully saturated rings. The number of benzene rings is 1. The second kappa shape index (κ2) is 5.15. The van der Waals surface area contributed by atoms with E-state index in [1.165, 1.54) is 5.56 Å². The highest BCUT2D eigenvalue weighted by atomic mass is 16.3. The van der Waals surface area contributed by atoms with Crippen molar-refractivity contribution in [3.05, 3.63) is 41.5 Å². The molecule has 2 rings (SSSR count). The molecular formula is C14H17NO2. The maximum atomic E-state index is 11.8. The van der Waals surface area contributed by atoms with Crippen LogP contribution >= 0.6 is 0 Å². The summed E-state index contributed by atoms with van der Waals surface area (Å²) in [5, 5.41) is 9.35. The van der Waals surface area contributed by atoms with E-state index in [9.17, 15) is 9.90 Å². The topological polar surface area (TPSA) is 40.5 Å². The summed E-state index contributed by atoms with van der Waals surface area (Å²) < 4.78 is 0. The van der Waals surface area contributed by atoms with Crippen LogP contribution < -0.4 is 0 Å². The van der Waals surface area contributed by atoms with Gasteiger partial charge in [-0.1, -0.05) is 29.8 Å². The van der Waals surface area contributed by atoms with Crippen LogP contribution in [0.4, 0.5) is 0 Å². The van der Waals surface area contributed by atoms with Crippen LogP contribution in [0.5, 0.6) is 0 Å². The predicted molar refractivity (Wildman–Crippen MR) is 67.4 cm³/mol. The zero-order valence-electron chi connectivity index (χ0n) is 9.97. The Balaban J connectivity index is 1.96. The number of carbonyl (C=O) groups excluding carboxylic acids is 1. The van der Waals surface area contributed by atoms with Gasteiger partial charge in [0.15, 0.2) is 0 Å². The van der Waals surface area contributed by atoms with Crippen LogP contribution in [0.25, 0.3) is 6.08 Å². The second-order valence-corrected chi connectivity index (χ2v) is 4.47. The lowest BCUT2D eigenvalue weighted by molar-refractivity contribution is -0.125. The Morgan fingerprint density at radius 1 is 1.41 bits per heavy atom. The van der Waals surface area contributed by atoms with E-state index in [0.717, 1.165) is 5.56 Å². The number of β-amino-alcohol motifs (C(OH)–C–C–N with tert-alkyl or cyclic N) is 1. The molecule has 1 aliphatic rings. The average molecular weight is 231 g/mol. The van der Waals surface area contributed by atoms with E-state index >= 15 is 0 Å². The van der Waals surface area contributed by atoms with Crippen LogP contribution in [-0.4, -0.2) is 35.1 Å². The number of likely N-dealkylation sites (tertiary alicyclic amines) is 1. The SMILES string of the molecule is Cc1ccc(C=CC(=O)N2CC[C@@H](O)C2)cc1. The molecule has 1 heterocycles. The number of amides is 1. The zero-order chi connectivity index (χ0) is 12.3. The van der Waals surface area contributed by atoms with E-state index in [-0.39, 0.29) is 12.0 Å². The van der Waals surface area contributed by atoms with Gasteiger partial charge in [-0.2, -0.15) is 0 Å². The highest BCUT2D eigenvalue weighted by Crippen LogP contribution is 2.10. The third kappa shape index (κ3) is 3.17. The highest BCUT2D eigenvalue weighted by Gasteiger charge is 2.22. The van der Waals surface area contributed by atoms with E-state index in [1.807, 2.05) is 37.3 Å². The van der Waals surface area contributed by atoms with E-state index < -0.39 is 0 Å². The molecule has 17 heavy (non-hydrogen) atoms. The fourth-order valence-electron chi connectivity index (χ4n) is 1.89. The number of rotatable bonds is 2. The molecule has 3 nitrogen and oxygen atoms in total. The second-order valence-electron chi connectivity index (χ2n) is 4.47. The number of aliphatic hydroxyl groups excluding tert-OH is 1.